The molecular formula is C9H11ClN2OS. The van der Waals surface area contributed by atoms with Gasteiger partial charge in [0.25, 0.3) is 5.91 Å². The van der Waals surface area contributed by atoms with Gasteiger partial charge in [0.15, 0.2) is 0 Å². The minimum Gasteiger partial charge on any atom is -0.336 e. The number of rotatable bonds is 3. The topological polar surface area (TPSA) is 33.2 Å². The number of aryl methyl sites for hydroxylation is 1. The van der Waals surface area contributed by atoms with Gasteiger partial charge in [0.05, 0.1) is 16.6 Å². The SMILES string of the molecule is C=C(Cl)C(=O)N(C)Cc1cnc(C)s1. The number of hydrogen-bond donors (Lipinski definition) is 0. The number of carbonyl (C=O) groups excluding carboxylic acids is 1. The minimum absolute atomic E-state index is 0.0359. The minimum atomic E-state index is -0.252. The van der Waals surface area contributed by atoms with Crippen molar-refractivity contribution in [1.29, 1.82) is 0 Å². The van der Waals surface area contributed by atoms with Crippen LogP contribution >= 0.6 is 22.9 Å². The Kier molecular flexibility index (Phi) is 3.66. The summed E-state index contributed by atoms with van der Waals surface area (Å²) in [5, 5.41) is 1.03. The summed E-state index contributed by atoms with van der Waals surface area (Å²) in [5.74, 6) is -0.252. The maximum absolute atomic E-state index is 11.3. The van der Waals surface area contributed by atoms with Crippen LogP contribution in [-0.2, 0) is 11.3 Å². The number of halogens is 1. The number of carbonyl (C=O) groups is 1. The molecule has 1 aromatic heterocycles. The maximum atomic E-state index is 11.3. The van der Waals surface area contributed by atoms with Crippen LogP contribution in [-0.4, -0.2) is 22.8 Å². The first-order valence-corrected chi connectivity index (χ1v) is 5.21. The van der Waals surface area contributed by atoms with Crippen LogP contribution in [0.2, 0.25) is 0 Å². The van der Waals surface area contributed by atoms with Crippen molar-refractivity contribution in [2.24, 2.45) is 0 Å². The van der Waals surface area contributed by atoms with Crippen LogP contribution < -0.4 is 0 Å². The monoisotopic (exact) mass is 230 g/mol. The van der Waals surface area contributed by atoms with E-state index in [0.29, 0.717) is 6.54 Å². The van der Waals surface area contributed by atoms with E-state index in [-0.39, 0.29) is 10.9 Å². The normalized spacial score (nSPS) is 9.93. The molecule has 0 aliphatic carbocycles. The molecule has 0 aromatic carbocycles. The fourth-order valence-corrected chi connectivity index (χ4v) is 1.98. The highest BCUT2D eigenvalue weighted by molar-refractivity contribution is 7.11. The molecule has 5 heteroatoms. The van der Waals surface area contributed by atoms with Gasteiger partial charge in [-0.15, -0.1) is 11.3 Å². The number of aromatic nitrogens is 1. The summed E-state index contributed by atoms with van der Waals surface area (Å²) in [5.41, 5.74) is 0. The summed E-state index contributed by atoms with van der Waals surface area (Å²) in [6.45, 7) is 5.84. The van der Waals surface area contributed by atoms with Crippen LogP contribution in [0, 0.1) is 6.92 Å². The quantitative estimate of drug-likeness (QED) is 0.746. The van der Waals surface area contributed by atoms with Gasteiger partial charge < -0.3 is 4.90 Å². The Morgan fingerprint density at radius 3 is 2.86 bits per heavy atom. The second-order valence-corrected chi connectivity index (χ2v) is 4.69. The largest absolute Gasteiger partial charge is 0.336 e. The van der Waals surface area contributed by atoms with Crippen molar-refractivity contribution in [3.63, 3.8) is 0 Å². The van der Waals surface area contributed by atoms with Crippen LogP contribution in [0.15, 0.2) is 17.8 Å². The third kappa shape index (κ3) is 2.82. The van der Waals surface area contributed by atoms with E-state index in [1.807, 2.05) is 6.92 Å². The highest BCUT2D eigenvalue weighted by Crippen LogP contribution is 2.14. The predicted octanol–water partition coefficient (Wildman–Crippen LogP) is 2.16. The molecule has 0 fully saturated rings. The highest BCUT2D eigenvalue weighted by atomic mass is 35.5. The number of nitrogens with zero attached hydrogens (tertiary/aromatic N) is 2. The van der Waals surface area contributed by atoms with E-state index in [2.05, 4.69) is 11.6 Å². The fourth-order valence-electron chi connectivity index (χ4n) is 0.991. The van der Waals surface area contributed by atoms with Gasteiger partial charge in [-0.3, -0.25) is 4.79 Å². The molecule has 0 unspecified atom stereocenters. The zero-order valence-corrected chi connectivity index (χ0v) is 9.65. The van der Waals surface area contributed by atoms with E-state index in [9.17, 15) is 4.79 Å². The third-order valence-corrected chi connectivity index (χ3v) is 2.70. The van der Waals surface area contributed by atoms with E-state index >= 15 is 0 Å². The second kappa shape index (κ2) is 4.57. The van der Waals surface area contributed by atoms with Crippen molar-refractivity contribution < 1.29 is 4.79 Å². The third-order valence-electron chi connectivity index (χ3n) is 1.64. The van der Waals surface area contributed by atoms with Gasteiger partial charge in [-0.25, -0.2) is 4.98 Å². The Hall–Kier alpha value is -0.870. The summed E-state index contributed by atoms with van der Waals surface area (Å²) in [4.78, 5) is 18.0. The molecular weight excluding hydrogens is 220 g/mol. The van der Waals surface area contributed by atoms with Gasteiger partial charge in [0.2, 0.25) is 0 Å². The first-order chi connectivity index (χ1) is 6.50. The van der Waals surface area contributed by atoms with Crippen LogP contribution in [0.3, 0.4) is 0 Å². The lowest BCUT2D eigenvalue weighted by molar-refractivity contribution is -0.125. The van der Waals surface area contributed by atoms with Gasteiger partial charge in [-0.2, -0.15) is 0 Å². The average Bonchev–Trinajstić information content (AvgIpc) is 2.49. The molecule has 0 atom stereocenters. The second-order valence-electron chi connectivity index (χ2n) is 2.91. The summed E-state index contributed by atoms with van der Waals surface area (Å²) < 4.78 is 0. The molecule has 0 bridgehead atoms. The molecule has 1 aromatic rings. The molecule has 14 heavy (non-hydrogen) atoms. The van der Waals surface area contributed by atoms with Gasteiger partial charge >= 0.3 is 0 Å². The molecule has 0 saturated heterocycles. The molecule has 0 spiro atoms. The van der Waals surface area contributed by atoms with Crippen LogP contribution in [0.1, 0.15) is 9.88 Å². The van der Waals surface area contributed by atoms with Crippen LogP contribution in [0.5, 0.6) is 0 Å². The smallest absolute Gasteiger partial charge is 0.264 e. The summed E-state index contributed by atoms with van der Waals surface area (Å²) >= 11 is 7.06. The molecule has 3 nitrogen and oxygen atoms in total. The van der Waals surface area contributed by atoms with E-state index in [1.54, 1.807) is 24.6 Å². The van der Waals surface area contributed by atoms with E-state index in [0.717, 1.165) is 9.88 Å². The Morgan fingerprint density at radius 2 is 2.43 bits per heavy atom. The van der Waals surface area contributed by atoms with Gasteiger partial charge in [-0.05, 0) is 6.92 Å². The van der Waals surface area contributed by atoms with Crippen molar-refractivity contribution in [2.75, 3.05) is 7.05 Å². The lowest BCUT2D eigenvalue weighted by Gasteiger charge is -2.14. The Balaban J connectivity index is 2.61. The number of amides is 1. The average molecular weight is 231 g/mol. The first kappa shape index (κ1) is 11.2. The lowest BCUT2D eigenvalue weighted by atomic mass is 10.4. The van der Waals surface area contributed by atoms with Crippen LogP contribution in [0.25, 0.3) is 0 Å². The van der Waals surface area contributed by atoms with Crippen molar-refractivity contribution in [1.82, 2.24) is 9.88 Å². The van der Waals surface area contributed by atoms with Crippen molar-refractivity contribution >= 4 is 28.8 Å². The maximum Gasteiger partial charge on any atom is 0.264 e. The van der Waals surface area contributed by atoms with Gasteiger partial charge in [0, 0.05) is 18.1 Å². The Morgan fingerprint density at radius 1 is 1.79 bits per heavy atom. The van der Waals surface area contributed by atoms with E-state index in [4.69, 9.17) is 11.6 Å². The summed E-state index contributed by atoms with van der Waals surface area (Å²) in [6, 6.07) is 0. The molecule has 1 heterocycles. The lowest BCUT2D eigenvalue weighted by Crippen LogP contribution is -2.25. The summed E-state index contributed by atoms with van der Waals surface area (Å²) in [7, 11) is 1.69. The number of likely N-dealkylation sites (N-methyl/N-ethyl adjacent to an activating group) is 1. The molecule has 0 radical (unpaired) electrons. The van der Waals surface area contributed by atoms with Crippen molar-refractivity contribution in [3.05, 3.63) is 27.7 Å². The molecule has 76 valence electrons. The molecule has 0 aliphatic rings. The first-order valence-electron chi connectivity index (χ1n) is 4.02. The number of thiazole rings is 1. The summed E-state index contributed by atoms with van der Waals surface area (Å²) in [6.07, 6.45) is 1.76. The Labute approximate surface area is 92.0 Å². The molecule has 0 aliphatic heterocycles. The van der Waals surface area contributed by atoms with E-state index in [1.165, 1.54) is 4.90 Å². The Bertz CT molecular complexity index is 361. The number of hydrogen-bond acceptors (Lipinski definition) is 3. The van der Waals surface area contributed by atoms with Crippen molar-refractivity contribution in [3.8, 4) is 0 Å². The highest BCUT2D eigenvalue weighted by Gasteiger charge is 2.11. The van der Waals surface area contributed by atoms with Crippen LogP contribution in [0.4, 0.5) is 0 Å². The van der Waals surface area contributed by atoms with Gasteiger partial charge in [0.1, 0.15) is 0 Å². The van der Waals surface area contributed by atoms with E-state index < -0.39 is 0 Å². The van der Waals surface area contributed by atoms with Crippen molar-refractivity contribution in [2.45, 2.75) is 13.5 Å². The zero-order valence-electron chi connectivity index (χ0n) is 8.08. The fraction of sp³-hybridized carbons (Fsp3) is 0.333. The molecule has 1 amide bonds. The van der Waals surface area contributed by atoms with Gasteiger partial charge in [-0.1, -0.05) is 18.2 Å². The predicted molar refractivity (Wildman–Crippen MR) is 58.3 cm³/mol. The molecule has 0 N–H and O–H groups in total. The zero-order chi connectivity index (χ0) is 10.7. The molecule has 0 saturated carbocycles. The molecule has 1 rings (SSSR count). The standard InChI is InChI=1S/C9H11ClN2OS/c1-6(10)9(13)12(3)5-8-4-11-7(2)14-8/h4H,1,5H2,2-3H3.